The molecule has 0 saturated carbocycles. The lowest BCUT2D eigenvalue weighted by Crippen LogP contribution is -2.12. The molecule has 1 unspecified atom stereocenters. The highest BCUT2D eigenvalue weighted by atomic mass is 19.4. The van der Waals surface area contributed by atoms with E-state index in [0.717, 1.165) is 6.07 Å². The van der Waals surface area contributed by atoms with Crippen LogP contribution in [0.5, 0.6) is 0 Å². The average Bonchev–Trinajstić information content (AvgIpc) is 2.01. The second-order valence-corrected chi connectivity index (χ2v) is 2.98. The van der Waals surface area contributed by atoms with Crippen molar-refractivity contribution in [1.82, 2.24) is 0 Å². The molecule has 1 rings (SSSR count). The Labute approximate surface area is 79.2 Å². The van der Waals surface area contributed by atoms with Crippen LogP contribution >= 0.6 is 0 Å². The lowest BCUT2D eigenvalue weighted by atomic mass is 10.0. The lowest BCUT2D eigenvalue weighted by molar-refractivity contribution is -0.139. The number of anilines is 1. The zero-order valence-corrected chi connectivity index (χ0v) is 7.47. The first-order valence-electron chi connectivity index (χ1n) is 3.97. The molecule has 5 heteroatoms. The predicted molar refractivity (Wildman–Crippen MR) is 46.5 cm³/mol. The molecule has 14 heavy (non-hydrogen) atoms. The van der Waals surface area contributed by atoms with Crippen molar-refractivity contribution in [3.63, 3.8) is 0 Å². The Kier molecular flexibility index (Phi) is 2.71. The normalized spacial score (nSPS) is 14.1. The third-order valence-electron chi connectivity index (χ3n) is 1.86. The van der Waals surface area contributed by atoms with Gasteiger partial charge in [0.25, 0.3) is 0 Å². The van der Waals surface area contributed by atoms with Crippen LogP contribution in [0.3, 0.4) is 0 Å². The monoisotopic (exact) mass is 205 g/mol. The van der Waals surface area contributed by atoms with Gasteiger partial charge >= 0.3 is 6.18 Å². The van der Waals surface area contributed by atoms with Gasteiger partial charge < -0.3 is 10.8 Å². The number of hydrogen-bond donors (Lipinski definition) is 2. The number of nitrogens with two attached hydrogens (primary N) is 1. The molecular formula is C9H10F3NO. The Hall–Kier alpha value is -1.23. The minimum Gasteiger partial charge on any atom is -0.398 e. The fraction of sp³-hybridized carbons (Fsp3) is 0.333. The molecule has 3 N–H and O–H groups in total. The van der Waals surface area contributed by atoms with Crippen molar-refractivity contribution in [3.8, 4) is 0 Å². The van der Waals surface area contributed by atoms with Crippen molar-refractivity contribution in [2.24, 2.45) is 0 Å². The van der Waals surface area contributed by atoms with E-state index in [-0.39, 0.29) is 11.3 Å². The average molecular weight is 205 g/mol. The van der Waals surface area contributed by atoms with Crippen LogP contribution in [0.1, 0.15) is 24.2 Å². The van der Waals surface area contributed by atoms with Crippen LogP contribution in [0.4, 0.5) is 18.9 Å². The van der Waals surface area contributed by atoms with Crippen molar-refractivity contribution in [2.75, 3.05) is 5.73 Å². The smallest absolute Gasteiger partial charge is 0.398 e. The summed E-state index contributed by atoms with van der Waals surface area (Å²) in [5, 5.41) is 9.17. The molecule has 0 heterocycles. The van der Waals surface area contributed by atoms with Gasteiger partial charge in [0.2, 0.25) is 0 Å². The van der Waals surface area contributed by atoms with Gasteiger partial charge in [0, 0.05) is 11.3 Å². The Balaban J connectivity index is 3.36. The number of rotatable bonds is 1. The number of halogens is 3. The maximum Gasteiger partial charge on any atom is 0.416 e. The highest BCUT2D eigenvalue weighted by Crippen LogP contribution is 2.36. The van der Waals surface area contributed by atoms with E-state index >= 15 is 0 Å². The summed E-state index contributed by atoms with van der Waals surface area (Å²) in [6.07, 6.45) is -5.71. The Bertz CT molecular complexity index is 333. The van der Waals surface area contributed by atoms with Crippen LogP contribution in [-0.2, 0) is 6.18 Å². The van der Waals surface area contributed by atoms with Gasteiger partial charge in [-0.15, -0.1) is 0 Å². The maximum absolute atomic E-state index is 12.4. The van der Waals surface area contributed by atoms with E-state index in [0.29, 0.717) is 0 Å². The standard InChI is InChI=1S/C9H10F3NO/c1-5(14)8-6(9(10,11)12)3-2-4-7(8)13/h2-5,14H,13H2,1H3. The molecule has 0 amide bonds. The Morgan fingerprint density at radius 1 is 1.36 bits per heavy atom. The minimum absolute atomic E-state index is 0.0465. The van der Waals surface area contributed by atoms with Crippen LogP contribution in [0, 0.1) is 0 Å². The fourth-order valence-corrected chi connectivity index (χ4v) is 1.30. The van der Waals surface area contributed by atoms with Gasteiger partial charge in [-0.05, 0) is 19.1 Å². The van der Waals surface area contributed by atoms with Crippen molar-refractivity contribution in [1.29, 1.82) is 0 Å². The van der Waals surface area contributed by atoms with Crippen LogP contribution in [0.25, 0.3) is 0 Å². The molecule has 0 radical (unpaired) electrons. The summed E-state index contributed by atoms with van der Waals surface area (Å²) in [7, 11) is 0. The van der Waals surface area contributed by atoms with Crippen LogP contribution in [0.15, 0.2) is 18.2 Å². The summed E-state index contributed by atoms with van der Waals surface area (Å²) in [6, 6.07) is 3.44. The zero-order chi connectivity index (χ0) is 10.9. The third-order valence-corrected chi connectivity index (χ3v) is 1.86. The number of aliphatic hydroxyl groups is 1. The minimum atomic E-state index is -4.48. The van der Waals surface area contributed by atoms with Crippen LogP contribution in [0.2, 0.25) is 0 Å². The summed E-state index contributed by atoms with van der Waals surface area (Å²) in [5.74, 6) is 0. The molecule has 0 fully saturated rings. The van der Waals surface area contributed by atoms with Gasteiger partial charge in [0.1, 0.15) is 0 Å². The quantitative estimate of drug-likeness (QED) is 0.691. The third kappa shape index (κ3) is 1.98. The highest BCUT2D eigenvalue weighted by Gasteiger charge is 2.34. The summed E-state index contributed by atoms with van der Waals surface area (Å²) < 4.78 is 37.3. The van der Waals surface area contributed by atoms with Gasteiger partial charge in [0.15, 0.2) is 0 Å². The molecule has 0 aliphatic heterocycles. The van der Waals surface area contributed by atoms with Gasteiger partial charge in [-0.1, -0.05) is 6.07 Å². The fourth-order valence-electron chi connectivity index (χ4n) is 1.30. The van der Waals surface area contributed by atoms with Crippen molar-refractivity contribution in [3.05, 3.63) is 29.3 Å². The topological polar surface area (TPSA) is 46.2 Å². The van der Waals surface area contributed by atoms with Crippen LogP contribution < -0.4 is 5.73 Å². The van der Waals surface area contributed by atoms with Gasteiger partial charge in [-0.25, -0.2) is 0 Å². The molecule has 1 aromatic rings. The van der Waals surface area contributed by atoms with Gasteiger partial charge in [-0.3, -0.25) is 0 Å². The predicted octanol–water partition coefficient (Wildman–Crippen LogP) is 2.34. The van der Waals surface area contributed by atoms with E-state index in [4.69, 9.17) is 10.8 Å². The van der Waals surface area contributed by atoms with E-state index < -0.39 is 17.8 Å². The lowest BCUT2D eigenvalue weighted by Gasteiger charge is -2.16. The van der Waals surface area contributed by atoms with E-state index in [1.54, 1.807) is 0 Å². The van der Waals surface area contributed by atoms with E-state index in [2.05, 4.69) is 0 Å². The molecule has 0 aliphatic rings. The highest BCUT2D eigenvalue weighted by molar-refractivity contribution is 5.52. The molecule has 1 aromatic carbocycles. The summed E-state index contributed by atoms with van der Waals surface area (Å²) in [4.78, 5) is 0. The Morgan fingerprint density at radius 3 is 2.29 bits per heavy atom. The molecule has 0 aliphatic carbocycles. The van der Waals surface area contributed by atoms with Gasteiger partial charge in [0.05, 0.1) is 11.7 Å². The molecule has 0 saturated heterocycles. The van der Waals surface area contributed by atoms with E-state index in [1.165, 1.54) is 19.1 Å². The van der Waals surface area contributed by atoms with Crippen molar-refractivity contribution >= 4 is 5.69 Å². The molecule has 2 nitrogen and oxygen atoms in total. The van der Waals surface area contributed by atoms with Crippen molar-refractivity contribution in [2.45, 2.75) is 19.2 Å². The second kappa shape index (κ2) is 3.49. The van der Waals surface area contributed by atoms with Crippen molar-refractivity contribution < 1.29 is 18.3 Å². The first-order chi connectivity index (χ1) is 6.34. The Morgan fingerprint density at radius 2 is 1.93 bits per heavy atom. The van der Waals surface area contributed by atoms with E-state index in [9.17, 15) is 13.2 Å². The molecular weight excluding hydrogens is 195 g/mol. The number of benzene rings is 1. The first-order valence-corrected chi connectivity index (χ1v) is 3.97. The number of aliphatic hydroxyl groups excluding tert-OH is 1. The molecule has 0 aromatic heterocycles. The maximum atomic E-state index is 12.4. The summed E-state index contributed by atoms with van der Waals surface area (Å²) in [6.45, 7) is 1.25. The number of nitrogen functional groups attached to an aromatic ring is 1. The number of hydrogen-bond acceptors (Lipinski definition) is 2. The van der Waals surface area contributed by atoms with E-state index in [1.807, 2.05) is 0 Å². The molecule has 0 bridgehead atoms. The van der Waals surface area contributed by atoms with Gasteiger partial charge in [-0.2, -0.15) is 13.2 Å². The molecule has 0 spiro atoms. The summed E-state index contributed by atoms with van der Waals surface area (Å²) in [5.41, 5.74) is 4.17. The first kappa shape index (κ1) is 10.8. The second-order valence-electron chi connectivity index (χ2n) is 2.98. The molecule has 78 valence electrons. The zero-order valence-electron chi connectivity index (χ0n) is 7.47. The number of alkyl halides is 3. The van der Waals surface area contributed by atoms with Crippen LogP contribution in [-0.4, -0.2) is 5.11 Å². The largest absolute Gasteiger partial charge is 0.416 e. The SMILES string of the molecule is CC(O)c1c(N)cccc1C(F)(F)F. The molecule has 1 atom stereocenters. The summed E-state index contributed by atoms with van der Waals surface area (Å²) >= 11 is 0.